The van der Waals surface area contributed by atoms with E-state index in [0.29, 0.717) is 43.1 Å². The number of nitriles is 1. The van der Waals surface area contributed by atoms with Gasteiger partial charge in [0.2, 0.25) is 15.8 Å². The van der Waals surface area contributed by atoms with Gasteiger partial charge < -0.3 is 9.64 Å². The Hall–Kier alpha value is -2.90. The smallest absolute Gasteiger partial charge is 0.316 e. The predicted octanol–water partition coefficient (Wildman–Crippen LogP) is 2.29. The summed E-state index contributed by atoms with van der Waals surface area (Å²) < 4.78 is 34.1. The van der Waals surface area contributed by atoms with E-state index in [0.717, 1.165) is 25.7 Å². The Kier molecular flexibility index (Phi) is 6.72. The lowest BCUT2D eigenvalue weighted by Gasteiger charge is -2.36. The summed E-state index contributed by atoms with van der Waals surface area (Å²) in [7, 11) is -3.32. The number of hydrogen-bond acceptors (Lipinski definition) is 7. The summed E-state index contributed by atoms with van der Waals surface area (Å²) in [5.74, 6) is 0.236. The molecule has 0 atom stereocenters. The summed E-state index contributed by atoms with van der Waals surface area (Å²) in [5, 5.41) is 13.1. The Morgan fingerprint density at radius 3 is 2.48 bits per heavy atom. The first kappa shape index (κ1) is 23.3. The number of aromatic nitrogens is 2. The van der Waals surface area contributed by atoms with Gasteiger partial charge in [0.15, 0.2) is 0 Å². The summed E-state index contributed by atoms with van der Waals surface area (Å²) in [6.45, 7) is 4.94. The number of ether oxygens (including phenoxy) is 1. The van der Waals surface area contributed by atoms with Gasteiger partial charge in [-0.2, -0.15) is 19.3 Å². The van der Waals surface area contributed by atoms with Gasteiger partial charge >= 0.3 is 5.56 Å². The molecule has 1 saturated carbocycles. The molecular formula is C23H29N5O4S. The van der Waals surface area contributed by atoms with Gasteiger partial charge in [-0.05, 0) is 57.7 Å². The van der Waals surface area contributed by atoms with Gasteiger partial charge in [0.25, 0.3) is 0 Å². The van der Waals surface area contributed by atoms with Crippen molar-refractivity contribution in [1.82, 2.24) is 14.1 Å². The number of anilines is 1. The molecule has 33 heavy (non-hydrogen) atoms. The highest BCUT2D eigenvalue weighted by Crippen LogP contribution is 2.30. The standard InChI is InChI=1S/C23H29N5O4S/c1-17(2)33(30,31)27-12-10-26(11-13-27)21-16-25-28(19-7-5-6-18(14-19)15-24)23(29)22(21)32-20-8-3-4-9-20/h5-7,14,16-17,20H,3-4,8-13H2,1-2H3. The van der Waals surface area contributed by atoms with Crippen molar-refractivity contribution >= 4 is 15.7 Å². The third-order valence-electron chi connectivity index (χ3n) is 6.26. The van der Waals surface area contributed by atoms with Crippen LogP contribution in [-0.4, -0.2) is 60.0 Å². The Bertz CT molecular complexity index is 1200. The van der Waals surface area contributed by atoms with Crippen molar-refractivity contribution in [3.63, 3.8) is 0 Å². The molecule has 2 fully saturated rings. The Morgan fingerprint density at radius 1 is 1.15 bits per heavy atom. The molecule has 1 saturated heterocycles. The second-order valence-electron chi connectivity index (χ2n) is 8.74. The maximum Gasteiger partial charge on any atom is 0.316 e. The van der Waals surface area contributed by atoms with Gasteiger partial charge in [-0.15, -0.1) is 0 Å². The van der Waals surface area contributed by atoms with Gasteiger partial charge in [-0.25, -0.2) is 8.42 Å². The average Bonchev–Trinajstić information content (AvgIpc) is 3.33. The molecule has 0 amide bonds. The number of nitrogens with zero attached hydrogens (tertiary/aromatic N) is 5. The number of hydrogen-bond donors (Lipinski definition) is 0. The van der Waals surface area contributed by atoms with Crippen LogP contribution in [0.2, 0.25) is 0 Å². The van der Waals surface area contributed by atoms with E-state index in [4.69, 9.17) is 4.74 Å². The molecule has 0 spiro atoms. The van der Waals surface area contributed by atoms with Crippen molar-refractivity contribution in [1.29, 1.82) is 5.26 Å². The first-order valence-electron chi connectivity index (χ1n) is 11.3. The Morgan fingerprint density at radius 2 is 1.85 bits per heavy atom. The van der Waals surface area contributed by atoms with Crippen molar-refractivity contribution in [3.8, 4) is 17.5 Å². The summed E-state index contributed by atoms with van der Waals surface area (Å²) in [4.78, 5) is 15.5. The molecule has 1 aromatic carbocycles. The fraction of sp³-hybridized carbons (Fsp3) is 0.522. The van der Waals surface area contributed by atoms with E-state index in [-0.39, 0.29) is 17.4 Å². The van der Waals surface area contributed by atoms with Crippen LogP contribution < -0.4 is 15.2 Å². The molecule has 176 valence electrons. The summed E-state index contributed by atoms with van der Waals surface area (Å²) >= 11 is 0. The zero-order chi connectivity index (χ0) is 23.6. The average molecular weight is 472 g/mol. The van der Waals surface area contributed by atoms with Gasteiger partial charge in [0, 0.05) is 26.2 Å². The van der Waals surface area contributed by atoms with E-state index in [1.54, 1.807) is 44.3 Å². The normalized spacial score (nSPS) is 17.9. The number of benzene rings is 1. The Labute approximate surface area is 194 Å². The SMILES string of the molecule is CC(C)S(=O)(=O)N1CCN(c2cnn(-c3cccc(C#N)c3)c(=O)c2OC2CCCC2)CC1. The van der Waals surface area contributed by atoms with Gasteiger partial charge in [-0.1, -0.05) is 6.07 Å². The molecular weight excluding hydrogens is 442 g/mol. The zero-order valence-electron chi connectivity index (χ0n) is 19.0. The van der Waals surface area contributed by atoms with Gasteiger partial charge in [0.1, 0.15) is 5.69 Å². The minimum absolute atomic E-state index is 0.0275. The number of rotatable bonds is 6. The van der Waals surface area contributed by atoms with Crippen LogP contribution in [0.4, 0.5) is 5.69 Å². The predicted molar refractivity (Wildman–Crippen MR) is 125 cm³/mol. The molecule has 0 radical (unpaired) electrons. The van der Waals surface area contributed by atoms with Crippen molar-refractivity contribution in [2.45, 2.75) is 50.9 Å². The van der Waals surface area contributed by atoms with Crippen LogP contribution in [0.5, 0.6) is 5.75 Å². The monoisotopic (exact) mass is 471 g/mol. The van der Waals surface area contributed by atoms with E-state index in [9.17, 15) is 18.5 Å². The third-order valence-corrected chi connectivity index (χ3v) is 8.53. The molecule has 1 aliphatic heterocycles. The fourth-order valence-corrected chi connectivity index (χ4v) is 5.58. The molecule has 4 rings (SSSR count). The molecule has 2 heterocycles. The summed E-state index contributed by atoms with van der Waals surface area (Å²) in [6.07, 6.45) is 5.50. The number of sulfonamides is 1. The van der Waals surface area contributed by atoms with Crippen LogP contribution in [0.3, 0.4) is 0 Å². The van der Waals surface area contributed by atoms with E-state index in [2.05, 4.69) is 11.2 Å². The van der Waals surface area contributed by atoms with E-state index in [1.807, 2.05) is 4.90 Å². The van der Waals surface area contributed by atoms with Crippen molar-refractivity contribution in [2.75, 3.05) is 31.1 Å². The molecule has 0 unspecified atom stereocenters. The molecule has 0 N–H and O–H groups in total. The molecule has 2 aromatic rings. The van der Waals surface area contributed by atoms with Crippen LogP contribution >= 0.6 is 0 Å². The molecule has 0 bridgehead atoms. The van der Waals surface area contributed by atoms with Gasteiger partial charge in [-0.3, -0.25) is 4.79 Å². The van der Waals surface area contributed by atoms with E-state index >= 15 is 0 Å². The van der Waals surface area contributed by atoms with Crippen molar-refractivity contribution in [3.05, 3.63) is 46.4 Å². The lowest BCUT2D eigenvalue weighted by Crippen LogP contribution is -2.50. The summed E-state index contributed by atoms with van der Waals surface area (Å²) in [6, 6.07) is 8.80. The van der Waals surface area contributed by atoms with E-state index < -0.39 is 15.3 Å². The third kappa shape index (κ3) is 4.75. The van der Waals surface area contributed by atoms with Gasteiger partial charge in [0.05, 0.1) is 34.9 Å². The zero-order valence-corrected chi connectivity index (χ0v) is 19.8. The first-order valence-corrected chi connectivity index (χ1v) is 12.8. The largest absolute Gasteiger partial charge is 0.483 e. The molecule has 2 aliphatic rings. The summed E-state index contributed by atoms with van der Waals surface area (Å²) in [5.41, 5.74) is 1.13. The van der Waals surface area contributed by atoms with Crippen LogP contribution in [0.1, 0.15) is 45.1 Å². The molecule has 9 nitrogen and oxygen atoms in total. The molecule has 1 aliphatic carbocycles. The van der Waals surface area contributed by atoms with Crippen LogP contribution in [0.25, 0.3) is 5.69 Å². The highest BCUT2D eigenvalue weighted by atomic mass is 32.2. The van der Waals surface area contributed by atoms with Crippen LogP contribution in [-0.2, 0) is 10.0 Å². The quantitative estimate of drug-likeness (QED) is 0.636. The highest BCUT2D eigenvalue weighted by molar-refractivity contribution is 7.89. The maximum atomic E-state index is 13.5. The highest BCUT2D eigenvalue weighted by Gasteiger charge is 2.31. The minimum Gasteiger partial charge on any atom is -0.483 e. The van der Waals surface area contributed by atoms with Crippen LogP contribution in [0, 0.1) is 11.3 Å². The second kappa shape index (κ2) is 9.53. The fourth-order valence-electron chi connectivity index (χ4n) is 4.31. The molecule has 1 aromatic heterocycles. The van der Waals surface area contributed by atoms with Crippen LogP contribution in [0.15, 0.2) is 35.3 Å². The topological polar surface area (TPSA) is 109 Å². The molecule has 10 heteroatoms. The van der Waals surface area contributed by atoms with E-state index in [1.165, 1.54) is 8.99 Å². The maximum absolute atomic E-state index is 13.5. The Balaban J connectivity index is 1.67. The second-order valence-corrected chi connectivity index (χ2v) is 11.2. The number of piperazine rings is 1. The van der Waals surface area contributed by atoms with Crippen molar-refractivity contribution in [2.24, 2.45) is 0 Å². The first-order chi connectivity index (χ1) is 15.8. The minimum atomic E-state index is -3.32. The lowest BCUT2D eigenvalue weighted by atomic mass is 10.2. The van der Waals surface area contributed by atoms with Crippen molar-refractivity contribution < 1.29 is 13.2 Å². The lowest BCUT2D eigenvalue weighted by molar-refractivity contribution is 0.205.